The summed E-state index contributed by atoms with van der Waals surface area (Å²) >= 11 is 0. The highest BCUT2D eigenvalue weighted by atomic mass is 16.6. The van der Waals surface area contributed by atoms with Crippen molar-refractivity contribution < 1.29 is 19.6 Å². The maximum atomic E-state index is 11.0. The third-order valence-electron chi connectivity index (χ3n) is 2.21. The topological polar surface area (TPSA) is 102 Å². The Morgan fingerprint density at radius 3 is 2.83 bits per heavy atom. The second-order valence-corrected chi connectivity index (χ2v) is 3.42. The minimum Gasteiger partial charge on any atom is -0.478 e. The number of carboxylic acids is 1. The fourth-order valence-corrected chi connectivity index (χ4v) is 1.38. The molecule has 0 heterocycles. The minimum absolute atomic E-state index is 0.00269. The molecular formula is C11H14N2O5. The number of carboxylic acid groups (broad SMARTS) is 1. The Balaban J connectivity index is 2.86. The van der Waals surface area contributed by atoms with E-state index in [0.29, 0.717) is 19.8 Å². The van der Waals surface area contributed by atoms with Crippen LogP contribution in [0.15, 0.2) is 18.2 Å². The molecule has 0 aromatic heterocycles. The van der Waals surface area contributed by atoms with Crippen LogP contribution < -0.4 is 5.32 Å². The predicted molar refractivity (Wildman–Crippen MR) is 65.0 cm³/mol. The van der Waals surface area contributed by atoms with E-state index in [1.54, 1.807) is 0 Å². The van der Waals surface area contributed by atoms with E-state index >= 15 is 0 Å². The second kappa shape index (κ2) is 6.55. The summed E-state index contributed by atoms with van der Waals surface area (Å²) in [5.74, 6) is -1.14. The van der Waals surface area contributed by atoms with Crippen molar-refractivity contribution in [1.82, 2.24) is 0 Å². The highest BCUT2D eigenvalue weighted by Crippen LogP contribution is 2.22. The van der Waals surface area contributed by atoms with Crippen LogP contribution in [0.2, 0.25) is 0 Å². The molecule has 0 atom stereocenters. The van der Waals surface area contributed by atoms with Gasteiger partial charge in [0.15, 0.2) is 0 Å². The SMILES string of the molecule is CCOCCNc1cc([N+](=O)[O-])ccc1C(=O)O. The van der Waals surface area contributed by atoms with Crippen LogP contribution in [0.1, 0.15) is 17.3 Å². The molecule has 0 aliphatic carbocycles. The number of rotatable bonds is 7. The molecule has 0 radical (unpaired) electrons. The van der Waals surface area contributed by atoms with Crippen molar-refractivity contribution in [2.24, 2.45) is 0 Å². The third kappa shape index (κ3) is 3.70. The molecule has 7 heteroatoms. The van der Waals surface area contributed by atoms with Gasteiger partial charge >= 0.3 is 5.97 Å². The van der Waals surface area contributed by atoms with Gasteiger partial charge < -0.3 is 15.2 Å². The van der Waals surface area contributed by atoms with Crippen molar-refractivity contribution in [3.63, 3.8) is 0 Å². The maximum Gasteiger partial charge on any atom is 0.337 e. The molecule has 18 heavy (non-hydrogen) atoms. The Labute approximate surface area is 104 Å². The quantitative estimate of drug-likeness (QED) is 0.436. The zero-order chi connectivity index (χ0) is 13.5. The summed E-state index contributed by atoms with van der Waals surface area (Å²) in [5.41, 5.74) is 0.0624. The van der Waals surface area contributed by atoms with Gasteiger partial charge in [0, 0.05) is 25.3 Å². The maximum absolute atomic E-state index is 11.0. The summed E-state index contributed by atoms with van der Waals surface area (Å²) < 4.78 is 5.09. The first-order chi connectivity index (χ1) is 8.56. The van der Waals surface area contributed by atoms with Crippen LogP contribution in [-0.4, -0.2) is 35.8 Å². The highest BCUT2D eigenvalue weighted by Gasteiger charge is 2.14. The van der Waals surface area contributed by atoms with Crippen LogP contribution in [0.3, 0.4) is 0 Å². The summed E-state index contributed by atoms with van der Waals surface area (Å²) in [6.07, 6.45) is 0. The Morgan fingerprint density at radius 1 is 1.56 bits per heavy atom. The van der Waals surface area contributed by atoms with E-state index in [9.17, 15) is 14.9 Å². The van der Waals surface area contributed by atoms with Gasteiger partial charge in [-0.3, -0.25) is 10.1 Å². The van der Waals surface area contributed by atoms with Crippen molar-refractivity contribution in [2.45, 2.75) is 6.92 Å². The van der Waals surface area contributed by atoms with E-state index in [-0.39, 0.29) is 16.9 Å². The number of nitro groups is 1. The predicted octanol–water partition coefficient (Wildman–Crippen LogP) is 1.74. The molecule has 0 amide bonds. The number of anilines is 1. The van der Waals surface area contributed by atoms with Gasteiger partial charge in [0.05, 0.1) is 22.8 Å². The van der Waals surface area contributed by atoms with Crippen molar-refractivity contribution in [3.8, 4) is 0 Å². The largest absolute Gasteiger partial charge is 0.478 e. The molecular weight excluding hydrogens is 240 g/mol. The van der Waals surface area contributed by atoms with Gasteiger partial charge in [-0.05, 0) is 13.0 Å². The zero-order valence-electron chi connectivity index (χ0n) is 9.88. The van der Waals surface area contributed by atoms with E-state index < -0.39 is 10.9 Å². The number of non-ortho nitro benzene ring substituents is 1. The number of aromatic carboxylic acids is 1. The first kappa shape index (κ1) is 13.9. The fraction of sp³-hybridized carbons (Fsp3) is 0.364. The van der Waals surface area contributed by atoms with Gasteiger partial charge in [-0.1, -0.05) is 0 Å². The van der Waals surface area contributed by atoms with E-state index in [4.69, 9.17) is 9.84 Å². The molecule has 7 nitrogen and oxygen atoms in total. The molecule has 0 bridgehead atoms. The van der Waals surface area contributed by atoms with Crippen LogP contribution in [0.5, 0.6) is 0 Å². The lowest BCUT2D eigenvalue weighted by Crippen LogP contribution is -2.12. The average molecular weight is 254 g/mol. The summed E-state index contributed by atoms with van der Waals surface area (Å²) in [6, 6.07) is 3.58. The lowest BCUT2D eigenvalue weighted by molar-refractivity contribution is -0.384. The van der Waals surface area contributed by atoms with E-state index in [0.717, 1.165) is 6.07 Å². The Kier molecular flexibility index (Phi) is 5.06. The highest BCUT2D eigenvalue weighted by molar-refractivity contribution is 5.94. The molecule has 0 aliphatic heterocycles. The van der Waals surface area contributed by atoms with Gasteiger partial charge in [0.2, 0.25) is 0 Å². The summed E-state index contributed by atoms with van der Waals surface area (Å²) in [4.78, 5) is 21.0. The molecule has 1 aromatic carbocycles. The number of ether oxygens (including phenoxy) is 1. The summed E-state index contributed by atoms with van der Waals surface area (Å²) in [6.45, 7) is 3.19. The van der Waals surface area contributed by atoms with E-state index in [1.807, 2.05) is 6.92 Å². The van der Waals surface area contributed by atoms with Crippen molar-refractivity contribution >= 4 is 17.3 Å². The lowest BCUT2D eigenvalue weighted by Gasteiger charge is -2.09. The van der Waals surface area contributed by atoms with Crippen LogP contribution >= 0.6 is 0 Å². The standard InChI is InChI=1S/C11H14N2O5/c1-2-18-6-5-12-10-7-8(13(16)17)3-4-9(10)11(14)15/h3-4,7,12H,2,5-6H2,1H3,(H,14,15). The van der Waals surface area contributed by atoms with E-state index in [1.165, 1.54) is 12.1 Å². The van der Waals surface area contributed by atoms with Gasteiger partial charge in [-0.2, -0.15) is 0 Å². The van der Waals surface area contributed by atoms with Gasteiger partial charge in [0.25, 0.3) is 5.69 Å². The van der Waals surface area contributed by atoms with Crippen LogP contribution in [-0.2, 0) is 4.74 Å². The first-order valence-electron chi connectivity index (χ1n) is 5.39. The van der Waals surface area contributed by atoms with Crippen molar-refractivity contribution in [1.29, 1.82) is 0 Å². The van der Waals surface area contributed by atoms with Gasteiger partial charge in [-0.15, -0.1) is 0 Å². The van der Waals surface area contributed by atoms with Crippen molar-refractivity contribution in [2.75, 3.05) is 25.1 Å². The number of hydrogen-bond donors (Lipinski definition) is 2. The smallest absolute Gasteiger partial charge is 0.337 e. The molecule has 0 saturated heterocycles. The molecule has 0 saturated carbocycles. The number of hydrogen-bond acceptors (Lipinski definition) is 5. The molecule has 98 valence electrons. The number of benzene rings is 1. The minimum atomic E-state index is -1.14. The molecule has 0 spiro atoms. The monoisotopic (exact) mass is 254 g/mol. The van der Waals surface area contributed by atoms with E-state index in [2.05, 4.69) is 5.32 Å². The first-order valence-corrected chi connectivity index (χ1v) is 5.39. The Bertz CT molecular complexity index is 447. The van der Waals surface area contributed by atoms with Crippen LogP contribution in [0, 0.1) is 10.1 Å². The zero-order valence-corrected chi connectivity index (χ0v) is 9.88. The van der Waals surface area contributed by atoms with Crippen LogP contribution in [0.4, 0.5) is 11.4 Å². The summed E-state index contributed by atoms with van der Waals surface area (Å²) in [5, 5.41) is 22.4. The van der Waals surface area contributed by atoms with Gasteiger partial charge in [-0.25, -0.2) is 4.79 Å². The summed E-state index contributed by atoms with van der Waals surface area (Å²) in [7, 11) is 0. The van der Waals surface area contributed by atoms with Gasteiger partial charge in [0.1, 0.15) is 0 Å². The normalized spacial score (nSPS) is 10.1. The molecule has 0 fully saturated rings. The Morgan fingerprint density at radius 2 is 2.28 bits per heavy atom. The third-order valence-corrected chi connectivity index (χ3v) is 2.21. The van der Waals surface area contributed by atoms with Crippen LogP contribution in [0.25, 0.3) is 0 Å². The number of nitro benzene ring substituents is 1. The molecule has 0 aliphatic rings. The Hall–Kier alpha value is -2.15. The average Bonchev–Trinajstić information content (AvgIpc) is 2.34. The molecule has 1 aromatic rings. The number of carbonyl (C=O) groups is 1. The lowest BCUT2D eigenvalue weighted by atomic mass is 10.1. The molecule has 0 unspecified atom stereocenters. The molecule has 2 N–H and O–H groups in total. The number of nitrogens with zero attached hydrogens (tertiary/aromatic N) is 1. The van der Waals surface area contributed by atoms with Crippen molar-refractivity contribution in [3.05, 3.63) is 33.9 Å². The fourth-order valence-electron chi connectivity index (χ4n) is 1.38. The molecule has 1 rings (SSSR count). The second-order valence-electron chi connectivity index (χ2n) is 3.42. The number of nitrogens with one attached hydrogen (secondary N) is 1.